The van der Waals surface area contributed by atoms with E-state index in [4.69, 9.17) is 0 Å². The first-order chi connectivity index (χ1) is 9.85. The fourth-order valence-corrected chi connectivity index (χ4v) is 2.90. The summed E-state index contributed by atoms with van der Waals surface area (Å²) < 4.78 is 29.5. The molecule has 2 aromatic rings. The Morgan fingerprint density at radius 3 is 2.52 bits per heavy atom. The third-order valence-corrected chi connectivity index (χ3v) is 4.16. The van der Waals surface area contributed by atoms with Crippen molar-refractivity contribution in [3.63, 3.8) is 0 Å². The number of nitrogens with one attached hydrogen (secondary N) is 1. The Hall–Kier alpha value is -1.43. The molecule has 0 radical (unpaired) electrons. The molecule has 1 atom stereocenters. The van der Waals surface area contributed by atoms with E-state index in [1.165, 1.54) is 0 Å². The second kappa shape index (κ2) is 6.13. The Morgan fingerprint density at radius 1 is 1.29 bits per heavy atom. The van der Waals surface area contributed by atoms with Crippen LogP contribution in [-0.4, -0.2) is 9.78 Å². The van der Waals surface area contributed by atoms with Crippen LogP contribution in [0, 0.1) is 25.5 Å². The lowest BCUT2D eigenvalue weighted by molar-refractivity contribution is 0.594. The minimum absolute atomic E-state index is 0.115. The topological polar surface area (TPSA) is 29.9 Å². The van der Waals surface area contributed by atoms with Gasteiger partial charge in [-0.3, -0.25) is 4.68 Å². The molecule has 3 nitrogen and oxygen atoms in total. The highest BCUT2D eigenvalue weighted by molar-refractivity contribution is 9.10. The monoisotopic (exact) mass is 357 g/mol. The van der Waals surface area contributed by atoms with Gasteiger partial charge in [0.2, 0.25) is 0 Å². The average Bonchev–Trinajstić information content (AvgIpc) is 2.70. The SMILES string of the molecule is CCn1nc(C)c(C(C)Nc2cc(F)c(Br)cc2F)c1C. The molecule has 6 heteroatoms. The van der Waals surface area contributed by atoms with Gasteiger partial charge in [0.05, 0.1) is 21.9 Å². The maximum Gasteiger partial charge on any atom is 0.147 e. The lowest BCUT2D eigenvalue weighted by Crippen LogP contribution is -2.10. The standard InChI is InChI=1S/C15H18BrF2N3/c1-5-21-10(4)15(9(3)20-21)8(2)19-14-7-12(17)11(16)6-13(14)18/h6-8,19H,5H2,1-4H3. The summed E-state index contributed by atoms with van der Waals surface area (Å²) in [6.07, 6.45) is 0. The van der Waals surface area contributed by atoms with Crippen molar-refractivity contribution < 1.29 is 8.78 Å². The van der Waals surface area contributed by atoms with Gasteiger partial charge in [-0.2, -0.15) is 5.10 Å². The van der Waals surface area contributed by atoms with E-state index in [1.807, 2.05) is 32.4 Å². The fraction of sp³-hybridized carbons (Fsp3) is 0.400. The van der Waals surface area contributed by atoms with Crippen LogP contribution in [0.5, 0.6) is 0 Å². The molecule has 114 valence electrons. The Balaban J connectivity index is 2.32. The summed E-state index contributed by atoms with van der Waals surface area (Å²) in [6.45, 7) is 8.61. The van der Waals surface area contributed by atoms with Crippen molar-refractivity contribution in [3.05, 3.63) is 45.2 Å². The molecular weight excluding hydrogens is 340 g/mol. The predicted octanol–water partition coefficient (Wildman–Crippen LogP) is 4.73. The van der Waals surface area contributed by atoms with E-state index in [2.05, 4.69) is 26.3 Å². The van der Waals surface area contributed by atoms with Crippen molar-refractivity contribution in [2.75, 3.05) is 5.32 Å². The third-order valence-electron chi connectivity index (χ3n) is 3.55. The fourth-order valence-electron chi connectivity index (χ4n) is 2.58. The molecule has 2 rings (SSSR count). The van der Waals surface area contributed by atoms with E-state index < -0.39 is 11.6 Å². The summed E-state index contributed by atoms with van der Waals surface area (Å²) in [5, 5.41) is 7.47. The van der Waals surface area contributed by atoms with Gasteiger partial charge in [-0.05, 0) is 49.7 Å². The second-order valence-corrected chi connectivity index (χ2v) is 5.87. The van der Waals surface area contributed by atoms with Crippen LogP contribution in [-0.2, 0) is 6.54 Å². The Bertz CT molecular complexity index is 667. The van der Waals surface area contributed by atoms with Gasteiger partial charge in [-0.25, -0.2) is 8.78 Å². The third kappa shape index (κ3) is 3.10. The smallest absolute Gasteiger partial charge is 0.147 e. The molecule has 21 heavy (non-hydrogen) atoms. The van der Waals surface area contributed by atoms with Gasteiger partial charge in [-0.1, -0.05) is 0 Å². The molecule has 0 spiro atoms. The zero-order valence-corrected chi connectivity index (χ0v) is 14.1. The van der Waals surface area contributed by atoms with Crippen molar-refractivity contribution in [2.45, 2.75) is 40.3 Å². The molecule has 0 aliphatic rings. The van der Waals surface area contributed by atoms with Gasteiger partial charge in [0.25, 0.3) is 0 Å². The molecule has 1 aromatic carbocycles. The van der Waals surface area contributed by atoms with Crippen molar-refractivity contribution in [1.29, 1.82) is 0 Å². The van der Waals surface area contributed by atoms with Crippen LogP contribution in [0.4, 0.5) is 14.5 Å². The molecule has 0 fully saturated rings. The molecule has 1 heterocycles. The zero-order valence-electron chi connectivity index (χ0n) is 12.5. The van der Waals surface area contributed by atoms with Crippen molar-refractivity contribution in [1.82, 2.24) is 9.78 Å². The average molecular weight is 358 g/mol. The summed E-state index contributed by atoms with van der Waals surface area (Å²) in [6, 6.07) is 2.12. The number of hydrogen-bond donors (Lipinski definition) is 1. The number of benzene rings is 1. The largest absolute Gasteiger partial charge is 0.376 e. The molecule has 0 aliphatic carbocycles. The highest BCUT2D eigenvalue weighted by atomic mass is 79.9. The Morgan fingerprint density at radius 2 is 1.95 bits per heavy atom. The normalized spacial score (nSPS) is 12.5. The zero-order chi connectivity index (χ0) is 15.7. The number of hydrogen-bond acceptors (Lipinski definition) is 2. The van der Waals surface area contributed by atoms with E-state index in [1.54, 1.807) is 0 Å². The molecular formula is C15H18BrF2N3. The molecule has 0 saturated carbocycles. The molecule has 1 unspecified atom stereocenters. The van der Waals surface area contributed by atoms with Crippen molar-refractivity contribution >= 4 is 21.6 Å². The van der Waals surface area contributed by atoms with E-state index in [9.17, 15) is 8.78 Å². The predicted molar refractivity (Wildman–Crippen MR) is 83.5 cm³/mol. The maximum absolute atomic E-state index is 13.9. The highest BCUT2D eigenvalue weighted by Crippen LogP contribution is 2.29. The van der Waals surface area contributed by atoms with Gasteiger partial charge in [0.1, 0.15) is 11.6 Å². The summed E-state index contributed by atoms with van der Waals surface area (Å²) in [5.41, 5.74) is 3.09. The van der Waals surface area contributed by atoms with E-state index in [0.29, 0.717) is 0 Å². The minimum atomic E-state index is -0.496. The summed E-state index contributed by atoms with van der Waals surface area (Å²) in [5.74, 6) is -0.989. The number of anilines is 1. The Labute approximate surface area is 131 Å². The van der Waals surface area contributed by atoms with Crippen LogP contribution >= 0.6 is 15.9 Å². The molecule has 1 aromatic heterocycles. The minimum Gasteiger partial charge on any atom is -0.376 e. The number of nitrogens with zero attached hydrogens (tertiary/aromatic N) is 2. The number of aromatic nitrogens is 2. The number of rotatable bonds is 4. The van der Waals surface area contributed by atoms with E-state index >= 15 is 0 Å². The summed E-state index contributed by atoms with van der Waals surface area (Å²) in [4.78, 5) is 0. The maximum atomic E-state index is 13.9. The van der Waals surface area contributed by atoms with Crippen LogP contribution in [0.25, 0.3) is 0 Å². The van der Waals surface area contributed by atoms with Crippen molar-refractivity contribution in [3.8, 4) is 0 Å². The van der Waals surface area contributed by atoms with Crippen LogP contribution in [0.15, 0.2) is 16.6 Å². The first-order valence-corrected chi connectivity index (χ1v) is 7.59. The van der Waals surface area contributed by atoms with Crippen LogP contribution in [0.3, 0.4) is 0 Å². The van der Waals surface area contributed by atoms with Gasteiger partial charge in [-0.15, -0.1) is 0 Å². The molecule has 0 aliphatic heterocycles. The molecule has 0 bridgehead atoms. The van der Waals surface area contributed by atoms with E-state index in [-0.39, 0.29) is 16.2 Å². The van der Waals surface area contributed by atoms with Gasteiger partial charge >= 0.3 is 0 Å². The second-order valence-electron chi connectivity index (χ2n) is 5.01. The number of aryl methyl sites for hydroxylation is 2. The van der Waals surface area contributed by atoms with Gasteiger partial charge in [0.15, 0.2) is 0 Å². The summed E-state index contributed by atoms with van der Waals surface area (Å²) >= 11 is 2.97. The lowest BCUT2D eigenvalue weighted by atomic mass is 10.1. The summed E-state index contributed by atoms with van der Waals surface area (Å²) in [7, 11) is 0. The quantitative estimate of drug-likeness (QED) is 0.801. The highest BCUT2D eigenvalue weighted by Gasteiger charge is 2.18. The lowest BCUT2D eigenvalue weighted by Gasteiger charge is -2.17. The molecule has 1 N–H and O–H groups in total. The van der Waals surface area contributed by atoms with Crippen LogP contribution in [0.1, 0.15) is 36.8 Å². The van der Waals surface area contributed by atoms with E-state index in [0.717, 1.165) is 35.6 Å². The van der Waals surface area contributed by atoms with Crippen LogP contribution < -0.4 is 5.32 Å². The first kappa shape index (κ1) is 15.9. The number of halogens is 3. The molecule has 0 saturated heterocycles. The van der Waals surface area contributed by atoms with Gasteiger partial charge in [0, 0.05) is 23.9 Å². The Kier molecular flexibility index (Phi) is 4.66. The first-order valence-electron chi connectivity index (χ1n) is 6.80. The van der Waals surface area contributed by atoms with Gasteiger partial charge < -0.3 is 5.32 Å². The van der Waals surface area contributed by atoms with Crippen molar-refractivity contribution in [2.24, 2.45) is 0 Å². The molecule has 0 amide bonds. The van der Waals surface area contributed by atoms with Crippen LogP contribution in [0.2, 0.25) is 0 Å².